The number of carbonyl (C=O) groups excluding carboxylic acids is 1. The molecule has 1 aliphatic carbocycles. The number of nitrogens with zero attached hydrogens (tertiary/aromatic N) is 2. The van der Waals surface area contributed by atoms with E-state index in [-0.39, 0.29) is 11.9 Å². The number of carbonyl (C=O) groups is 1. The SMILES string of the molecule is Cn1ncc2c1CCC[C@@H]2NC(=O)CSCc1ccc(Cl)s1. The molecule has 0 spiro atoms. The standard InChI is InChI=1S/C15H18ClN3OS2/c1-19-13-4-2-3-12(11(13)7-17-19)18-15(20)9-21-8-10-5-6-14(16)22-10/h5-7,12H,2-4,8-9H2,1H3,(H,18,20)/t12-/m0/s1. The molecule has 1 amide bonds. The molecule has 1 atom stereocenters. The number of halogens is 1. The van der Waals surface area contributed by atoms with Gasteiger partial charge in [-0.1, -0.05) is 11.6 Å². The summed E-state index contributed by atoms with van der Waals surface area (Å²) in [6.45, 7) is 0. The number of amides is 1. The second-order valence-corrected chi connectivity index (χ2v) is 8.17. The maximum Gasteiger partial charge on any atom is 0.230 e. The van der Waals surface area contributed by atoms with Crippen LogP contribution in [0.5, 0.6) is 0 Å². The first kappa shape index (κ1) is 15.9. The van der Waals surface area contributed by atoms with Gasteiger partial charge in [-0.25, -0.2) is 0 Å². The molecule has 0 aromatic carbocycles. The second-order valence-electron chi connectivity index (χ2n) is 5.38. The molecule has 2 heterocycles. The van der Waals surface area contributed by atoms with E-state index in [9.17, 15) is 4.79 Å². The lowest BCUT2D eigenvalue weighted by Gasteiger charge is -2.23. The Balaban J connectivity index is 1.50. The molecule has 0 fully saturated rings. The molecular formula is C15H18ClN3OS2. The molecule has 0 radical (unpaired) electrons. The molecule has 2 aromatic heterocycles. The van der Waals surface area contributed by atoms with Crippen LogP contribution in [0.4, 0.5) is 0 Å². The summed E-state index contributed by atoms with van der Waals surface area (Å²) in [7, 11) is 1.96. The van der Waals surface area contributed by atoms with Crippen molar-refractivity contribution in [2.75, 3.05) is 5.75 Å². The Morgan fingerprint density at radius 1 is 1.59 bits per heavy atom. The van der Waals surface area contributed by atoms with Crippen molar-refractivity contribution in [3.05, 3.63) is 38.8 Å². The van der Waals surface area contributed by atoms with Gasteiger partial charge in [-0.2, -0.15) is 5.10 Å². The van der Waals surface area contributed by atoms with Crippen molar-refractivity contribution in [3.8, 4) is 0 Å². The minimum atomic E-state index is 0.0920. The largest absolute Gasteiger partial charge is 0.348 e. The molecule has 0 bridgehead atoms. The van der Waals surface area contributed by atoms with E-state index in [1.807, 2.05) is 30.1 Å². The predicted molar refractivity (Wildman–Crippen MR) is 92.5 cm³/mol. The van der Waals surface area contributed by atoms with Gasteiger partial charge in [0.1, 0.15) is 0 Å². The van der Waals surface area contributed by atoms with Crippen molar-refractivity contribution < 1.29 is 4.79 Å². The van der Waals surface area contributed by atoms with Crippen molar-refractivity contribution in [1.82, 2.24) is 15.1 Å². The van der Waals surface area contributed by atoms with Gasteiger partial charge < -0.3 is 5.32 Å². The summed E-state index contributed by atoms with van der Waals surface area (Å²) in [6, 6.07) is 4.02. The minimum absolute atomic E-state index is 0.0920. The average molecular weight is 356 g/mol. The van der Waals surface area contributed by atoms with Crippen molar-refractivity contribution in [2.24, 2.45) is 7.05 Å². The highest BCUT2D eigenvalue weighted by Crippen LogP contribution is 2.29. The zero-order chi connectivity index (χ0) is 15.5. The molecule has 1 N–H and O–H groups in total. The summed E-state index contributed by atoms with van der Waals surface area (Å²) in [5.74, 6) is 1.39. The van der Waals surface area contributed by atoms with Gasteiger partial charge >= 0.3 is 0 Å². The van der Waals surface area contributed by atoms with Gasteiger partial charge in [0, 0.05) is 28.9 Å². The van der Waals surface area contributed by atoms with Crippen LogP contribution in [-0.4, -0.2) is 21.4 Å². The number of fused-ring (bicyclic) bond motifs is 1. The summed E-state index contributed by atoms with van der Waals surface area (Å²) in [4.78, 5) is 13.3. The van der Waals surface area contributed by atoms with Gasteiger partial charge in [0.05, 0.1) is 22.3 Å². The lowest BCUT2D eigenvalue weighted by atomic mass is 9.93. The number of hydrogen-bond acceptors (Lipinski definition) is 4. The number of hydrogen-bond donors (Lipinski definition) is 1. The van der Waals surface area contributed by atoms with Crippen molar-refractivity contribution >= 4 is 40.6 Å². The van der Waals surface area contributed by atoms with Crippen LogP contribution in [0.25, 0.3) is 0 Å². The maximum absolute atomic E-state index is 12.1. The second kappa shape index (κ2) is 7.06. The molecule has 0 unspecified atom stereocenters. The van der Waals surface area contributed by atoms with Crippen LogP contribution in [0.2, 0.25) is 4.34 Å². The summed E-state index contributed by atoms with van der Waals surface area (Å²) in [5.41, 5.74) is 2.43. The van der Waals surface area contributed by atoms with Crippen LogP contribution >= 0.6 is 34.7 Å². The summed E-state index contributed by atoms with van der Waals surface area (Å²) < 4.78 is 2.72. The third kappa shape index (κ3) is 3.67. The van der Waals surface area contributed by atoms with Gasteiger partial charge in [-0.15, -0.1) is 23.1 Å². The lowest BCUT2D eigenvalue weighted by molar-refractivity contribution is -0.119. The van der Waals surface area contributed by atoms with E-state index in [0.717, 1.165) is 29.4 Å². The van der Waals surface area contributed by atoms with Gasteiger partial charge in [-0.05, 0) is 31.4 Å². The van der Waals surface area contributed by atoms with Crippen LogP contribution in [0, 0.1) is 0 Å². The molecule has 2 aromatic rings. The van der Waals surface area contributed by atoms with Crippen LogP contribution in [0.3, 0.4) is 0 Å². The molecule has 3 rings (SSSR count). The highest BCUT2D eigenvalue weighted by atomic mass is 35.5. The van der Waals surface area contributed by atoms with E-state index in [4.69, 9.17) is 11.6 Å². The molecule has 0 saturated carbocycles. The minimum Gasteiger partial charge on any atom is -0.348 e. The Labute approximate surface area is 143 Å². The first-order valence-electron chi connectivity index (χ1n) is 7.25. The molecule has 0 saturated heterocycles. The van der Waals surface area contributed by atoms with Gasteiger partial charge in [0.15, 0.2) is 0 Å². The Bertz CT molecular complexity index is 668. The summed E-state index contributed by atoms with van der Waals surface area (Å²) in [5, 5.41) is 7.45. The highest BCUT2D eigenvalue weighted by Gasteiger charge is 2.24. The Hall–Kier alpha value is -0.980. The van der Waals surface area contributed by atoms with E-state index in [2.05, 4.69) is 10.4 Å². The van der Waals surface area contributed by atoms with E-state index in [1.54, 1.807) is 23.1 Å². The third-order valence-electron chi connectivity index (χ3n) is 3.82. The van der Waals surface area contributed by atoms with Crippen LogP contribution < -0.4 is 5.32 Å². The zero-order valence-corrected chi connectivity index (χ0v) is 14.7. The average Bonchev–Trinajstić information content (AvgIpc) is 3.07. The quantitative estimate of drug-likeness (QED) is 0.892. The van der Waals surface area contributed by atoms with Crippen molar-refractivity contribution in [2.45, 2.75) is 31.1 Å². The summed E-state index contributed by atoms with van der Waals surface area (Å²) in [6.07, 6.45) is 5.03. The smallest absolute Gasteiger partial charge is 0.230 e. The predicted octanol–water partition coefficient (Wildman–Crippen LogP) is 3.56. The number of aryl methyl sites for hydroxylation is 1. The topological polar surface area (TPSA) is 46.9 Å². The number of thioether (sulfide) groups is 1. The fourth-order valence-corrected chi connectivity index (χ4v) is 4.80. The molecule has 22 heavy (non-hydrogen) atoms. The van der Waals surface area contributed by atoms with Crippen molar-refractivity contribution in [3.63, 3.8) is 0 Å². The van der Waals surface area contributed by atoms with Gasteiger partial charge in [0.25, 0.3) is 0 Å². The van der Waals surface area contributed by atoms with E-state index in [0.29, 0.717) is 5.75 Å². The van der Waals surface area contributed by atoms with Gasteiger partial charge in [-0.3, -0.25) is 9.48 Å². The molecule has 1 aliphatic rings. The van der Waals surface area contributed by atoms with Crippen LogP contribution in [-0.2, 0) is 24.0 Å². The van der Waals surface area contributed by atoms with Gasteiger partial charge in [0.2, 0.25) is 5.91 Å². The molecular weight excluding hydrogens is 338 g/mol. The van der Waals surface area contributed by atoms with E-state index >= 15 is 0 Å². The third-order valence-corrected chi connectivity index (χ3v) is 6.21. The van der Waals surface area contributed by atoms with Crippen LogP contribution in [0.15, 0.2) is 18.3 Å². The Morgan fingerprint density at radius 3 is 3.23 bits per heavy atom. The monoisotopic (exact) mass is 355 g/mol. The Morgan fingerprint density at radius 2 is 2.45 bits per heavy atom. The normalized spacial score (nSPS) is 17.3. The molecule has 4 nitrogen and oxygen atoms in total. The Kier molecular flexibility index (Phi) is 5.10. The highest BCUT2D eigenvalue weighted by molar-refractivity contribution is 7.99. The lowest BCUT2D eigenvalue weighted by Crippen LogP contribution is -2.32. The first-order valence-corrected chi connectivity index (χ1v) is 9.60. The molecule has 0 aliphatic heterocycles. The van der Waals surface area contributed by atoms with Crippen molar-refractivity contribution in [1.29, 1.82) is 0 Å². The number of nitrogens with one attached hydrogen (secondary N) is 1. The van der Waals surface area contributed by atoms with Crippen LogP contribution in [0.1, 0.15) is 35.0 Å². The summed E-state index contributed by atoms with van der Waals surface area (Å²) >= 11 is 9.09. The molecule has 7 heteroatoms. The maximum atomic E-state index is 12.1. The number of rotatable bonds is 5. The zero-order valence-electron chi connectivity index (χ0n) is 12.3. The molecule has 118 valence electrons. The number of aromatic nitrogens is 2. The van der Waals surface area contributed by atoms with E-state index < -0.39 is 0 Å². The first-order chi connectivity index (χ1) is 10.6. The fraction of sp³-hybridized carbons (Fsp3) is 0.467. The number of thiophene rings is 1. The fourth-order valence-electron chi connectivity index (χ4n) is 2.77. The van der Waals surface area contributed by atoms with E-state index in [1.165, 1.54) is 16.1 Å².